The second-order valence-corrected chi connectivity index (χ2v) is 2.80. The normalized spacial score (nSPS) is 8.73. The number of primary amides is 1. The minimum Gasteiger partial charge on any atom is -0.395 e. The lowest BCUT2D eigenvalue weighted by atomic mass is 10.2. The molecule has 0 heterocycles. The average Bonchev–Trinajstić information content (AvgIpc) is 2.24. The first-order valence-electron chi connectivity index (χ1n) is 4.85. The molecule has 0 aromatic heterocycles. The quantitative estimate of drug-likeness (QED) is 0.448. The fourth-order valence-corrected chi connectivity index (χ4v) is 0.621. The number of aliphatic hydroxyl groups excluding tert-OH is 2. The molecule has 0 aromatic rings. The molecule has 0 atom stereocenters. The second kappa shape index (κ2) is 12.9. The van der Waals surface area contributed by atoms with Gasteiger partial charge < -0.3 is 21.3 Å². The molecule has 5 N–H and O–H groups in total. The van der Waals surface area contributed by atoms with Crippen molar-refractivity contribution in [2.24, 2.45) is 5.73 Å². The molecule has 0 aliphatic heterocycles. The van der Waals surface area contributed by atoms with Crippen LogP contribution in [0.2, 0.25) is 0 Å². The van der Waals surface area contributed by atoms with Crippen LogP contribution in [0.4, 0.5) is 0 Å². The van der Waals surface area contributed by atoms with Crippen LogP contribution < -0.4 is 11.1 Å². The predicted octanol–water partition coefficient (Wildman–Crippen LogP) is -1.25. The third kappa shape index (κ3) is 19.3. The Balaban J connectivity index is 0. The van der Waals surface area contributed by atoms with Crippen LogP contribution in [0.3, 0.4) is 0 Å². The van der Waals surface area contributed by atoms with Gasteiger partial charge in [0.1, 0.15) is 6.61 Å². The first-order valence-corrected chi connectivity index (χ1v) is 4.85. The largest absolute Gasteiger partial charge is 0.395 e. The highest BCUT2D eigenvalue weighted by atomic mass is 16.3. The van der Waals surface area contributed by atoms with Gasteiger partial charge in [-0.15, -0.1) is 0 Å². The summed E-state index contributed by atoms with van der Waals surface area (Å²) in [6.07, 6.45) is 2.54. The lowest BCUT2D eigenvalue weighted by Gasteiger charge is -2.00. The van der Waals surface area contributed by atoms with E-state index in [2.05, 4.69) is 11.1 Å². The maximum atomic E-state index is 10.7. The molecular weight excluding hydrogens is 200 g/mol. The van der Waals surface area contributed by atoms with E-state index in [-0.39, 0.29) is 12.5 Å². The van der Waals surface area contributed by atoms with Crippen molar-refractivity contribution in [1.29, 1.82) is 0 Å². The van der Waals surface area contributed by atoms with Gasteiger partial charge in [0.15, 0.2) is 0 Å². The second-order valence-electron chi connectivity index (χ2n) is 2.80. The summed E-state index contributed by atoms with van der Waals surface area (Å²) >= 11 is 0. The van der Waals surface area contributed by atoms with Gasteiger partial charge in [-0.05, 0) is 6.42 Å². The van der Waals surface area contributed by atoms with Crippen molar-refractivity contribution in [1.82, 2.24) is 5.32 Å². The van der Waals surface area contributed by atoms with Crippen molar-refractivity contribution in [3.63, 3.8) is 0 Å². The monoisotopic (exact) mass is 220 g/mol. The molecule has 0 bridgehead atoms. The summed E-state index contributed by atoms with van der Waals surface area (Å²) in [5.41, 5.74) is 4.40. The molecule has 0 saturated carbocycles. The Labute approximate surface area is 89.5 Å². The fourth-order valence-electron chi connectivity index (χ4n) is 0.621. The lowest BCUT2D eigenvalue weighted by molar-refractivity contribution is -0.121. The van der Waals surface area contributed by atoms with Crippen LogP contribution in [0.25, 0.3) is 0 Å². The number of unbranched alkanes of at least 4 members (excludes halogenated alkanes) is 1. The summed E-state index contributed by atoms with van der Waals surface area (Å²) in [6.45, 7) is 1.89. The number of aliphatic hydroxyl groups is 2. The van der Waals surface area contributed by atoms with E-state index >= 15 is 0 Å². The van der Waals surface area contributed by atoms with Gasteiger partial charge in [0.25, 0.3) is 0 Å². The van der Waals surface area contributed by atoms with Crippen molar-refractivity contribution in [3.8, 4) is 0 Å². The number of rotatable bonds is 6. The maximum absolute atomic E-state index is 10.7. The molecule has 0 saturated heterocycles. The Kier molecular flexibility index (Phi) is 14.0. The standard InChI is InChI=1S/C7H15NO2.C2H5NO2/c1-2-3-4-7(10)8-5-6-9;3-2(5)1-4/h9H,2-6H2,1H3,(H,8,10);4H,1H2,(H2,3,5). The van der Waals surface area contributed by atoms with E-state index in [4.69, 9.17) is 10.2 Å². The SMILES string of the molecule is CCCCC(=O)NCCO.NC(=O)CO. The summed E-state index contributed by atoms with van der Waals surface area (Å²) in [5, 5.41) is 18.6. The van der Waals surface area contributed by atoms with Gasteiger partial charge in [-0.1, -0.05) is 13.3 Å². The molecule has 0 rings (SSSR count). The number of hydrogen-bond donors (Lipinski definition) is 4. The summed E-state index contributed by atoms with van der Waals surface area (Å²) in [6, 6.07) is 0. The highest BCUT2D eigenvalue weighted by molar-refractivity contribution is 5.75. The third-order valence-corrected chi connectivity index (χ3v) is 1.35. The number of amides is 2. The van der Waals surface area contributed by atoms with E-state index < -0.39 is 12.5 Å². The van der Waals surface area contributed by atoms with Crippen LogP contribution >= 0.6 is 0 Å². The lowest BCUT2D eigenvalue weighted by Crippen LogP contribution is -2.25. The van der Waals surface area contributed by atoms with Crippen LogP contribution in [0, 0.1) is 0 Å². The first kappa shape index (κ1) is 16.3. The van der Waals surface area contributed by atoms with Gasteiger partial charge in [-0.2, -0.15) is 0 Å². The van der Waals surface area contributed by atoms with Crippen molar-refractivity contribution >= 4 is 11.8 Å². The molecule has 6 nitrogen and oxygen atoms in total. The van der Waals surface area contributed by atoms with Gasteiger partial charge in [0, 0.05) is 13.0 Å². The number of hydrogen-bond acceptors (Lipinski definition) is 4. The molecule has 2 amide bonds. The van der Waals surface area contributed by atoms with Crippen LogP contribution in [-0.4, -0.2) is 41.8 Å². The van der Waals surface area contributed by atoms with Crippen LogP contribution in [0.5, 0.6) is 0 Å². The summed E-state index contributed by atoms with van der Waals surface area (Å²) in [5.74, 6) is -0.652. The topological polar surface area (TPSA) is 113 Å². The molecule has 0 spiro atoms. The Morgan fingerprint density at radius 3 is 2.20 bits per heavy atom. The Morgan fingerprint density at radius 1 is 1.33 bits per heavy atom. The Bertz CT molecular complexity index is 163. The first-order chi connectivity index (χ1) is 7.08. The minimum absolute atomic E-state index is 0.0257. The van der Waals surface area contributed by atoms with E-state index in [9.17, 15) is 9.59 Å². The van der Waals surface area contributed by atoms with E-state index in [1.807, 2.05) is 6.92 Å². The van der Waals surface area contributed by atoms with Crippen molar-refractivity contribution in [2.45, 2.75) is 26.2 Å². The summed E-state index contributed by atoms with van der Waals surface area (Å²) < 4.78 is 0. The molecule has 0 aliphatic rings. The zero-order valence-corrected chi connectivity index (χ0v) is 9.03. The molecule has 6 heteroatoms. The average molecular weight is 220 g/mol. The molecule has 0 unspecified atom stereocenters. The molecule has 15 heavy (non-hydrogen) atoms. The number of carbonyl (C=O) groups excluding carboxylic acids is 2. The molecule has 0 aromatic carbocycles. The fraction of sp³-hybridized carbons (Fsp3) is 0.778. The van der Waals surface area contributed by atoms with Gasteiger partial charge in [0.05, 0.1) is 6.61 Å². The number of carbonyl (C=O) groups is 2. The van der Waals surface area contributed by atoms with Gasteiger partial charge >= 0.3 is 0 Å². The van der Waals surface area contributed by atoms with E-state index in [0.717, 1.165) is 12.8 Å². The van der Waals surface area contributed by atoms with E-state index in [1.165, 1.54) is 0 Å². The third-order valence-electron chi connectivity index (χ3n) is 1.35. The molecule has 0 aliphatic carbocycles. The molecule has 90 valence electrons. The van der Waals surface area contributed by atoms with Crippen LogP contribution in [-0.2, 0) is 9.59 Å². The minimum atomic E-state index is -0.690. The highest BCUT2D eigenvalue weighted by Gasteiger charge is 1.96. The number of nitrogens with two attached hydrogens (primary N) is 1. The van der Waals surface area contributed by atoms with Crippen molar-refractivity contribution in [2.75, 3.05) is 19.8 Å². The van der Waals surface area contributed by atoms with E-state index in [0.29, 0.717) is 13.0 Å². The highest BCUT2D eigenvalue weighted by Crippen LogP contribution is 1.91. The Morgan fingerprint density at radius 2 is 1.87 bits per heavy atom. The van der Waals surface area contributed by atoms with Crippen molar-refractivity contribution in [3.05, 3.63) is 0 Å². The van der Waals surface area contributed by atoms with E-state index in [1.54, 1.807) is 0 Å². The van der Waals surface area contributed by atoms with Crippen molar-refractivity contribution < 1.29 is 19.8 Å². The summed E-state index contributed by atoms with van der Waals surface area (Å²) in [7, 11) is 0. The zero-order valence-electron chi connectivity index (χ0n) is 9.03. The molecular formula is C9H20N2O4. The molecule has 0 radical (unpaired) electrons. The van der Waals surface area contributed by atoms with Crippen LogP contribution in [0.15, 0.2) is 0 Å². The van der Waals surface area contributed by atoms with Gasteiger partial charge in [0.2, 0.25) is 11.8 Å². The van der Waals surface area contributed by atoms with Gasteiger partial charge in [-0.3, -0.25) is 9.59 Å². The predicted molar refractivity (Wildman–Crippen MR) is 55.9 cm³/mol. The zero-order chi connectivity index (χ0) is 12.1. The maximum Gasteiger partial charge on any atom is 0.243 e. The Hall–Kier alpha value is -1.14. The molecule has 0 fully saturated rings. The smallest absolute Gasteiger partial charge is 0.243 e. The summed E-state index contributed by atoms with van der Waals surface area (Å²) in [4.78, 5) is 20.1. The van der Waals surface area contributed by atoms with Crippen LogP contribution in [0.1, 0.15) is 26.2 Å². The number of nitrogens with one attached hydrogen (secondary N) is 1. The van der Waals surface area contributed by atoms with Gasteiger partial charge in [-0.25, -0.2) is 0 Å².